The van der Waals surface area contributed by atoms with Crippen LogP contribution in [0.25, 0.3) is 0 Å². The Morgan fingerprint density at radius 3 is 2.33 bits per heavy atom. The second-order valence-corrected chi connectivity index (χ2v) is 2.87. The molecule has 0 amide bonds. The predicted octanol–water partition coefficient (Wildman–Crippen LogP) is 1.00. The number of rotatable bonds is 4. The molecule has 0 atom stereocenters. The van der Waals surface area contributed by atoms with E-state index in [1.807, 2.05) is 0 Å². The van der Waals surface area contributed by atoms with Crippen LogP contribution in [-0.2, 0) is 6.42 Å². The molecule has 0 aromatic heterocycles. The van der Waals surface area contributed by atoms with E-state index in [0.717, 1.165) is 6.07 Å². The van der Waals surface area contributed by atoms with Gasteiger partial charge in [-0.1, -0.05) is 0 Å². The lowest BCUT2D eigenvalue weighted by Crippen LogP contribution is -2.05. The van der Waals surface area contributed by atoms with E-state index in [2.05, 4.69) is 0 Å². The SMILES string of the molecule is NCCc1ccc([N+](=O)[O-])cc1[N+](=O)[O-]. The monoisotopic (exact) mass is 211 g/mol. The lowest BCUT2D eigenvalue weighted by molar-refractivity contribution is -0.394. The van der Waals surface area contributed by atoms with Gasteiger partial charge in [-0.25, -0.2) is 0 Å². The van der Waals surface area contributed by atoms with Gasteiger partial charge in [-0.3, -0.25) is 20.2 Å². The summed E-state index contributed by atoms with van der Waals surface area (Å²) in [6.07, 6.45) is 0.328. The maximum atomic E-state index is 10.6. The standard InChI is InChI=1S/C8H9N3O4/c9-4-3-6-1-2-7(10(12)13)5-8(6)11(14)15/h1-2,5H,3-4,9H2. The first-order valence-corrected chi connectivity index (χ1v) is 4.18. The van der Waals surface area contributed by atoms with Gasteiger partial charge >= 0.3 is 0 Å². The third kappa shape index (κ3) is 2.47. The van der Waals surface area contributed by atoms with Gasteiger partial charge in [0, 0.05) is 11.6 Å². The zero-order valence-electron chi connectivity index (χ0n) is 7.75. The Morgan fingerprint density at radius 1 is 1.20 bits per heavy atom. The summed E-state index contributed by atoms with van der Waals surface area (Å²) in [6, 6.07) is 3.55. The number of hydrogen-bond acceptors (Lipinski definition) is 5. The molecule has 0 radical (unpaired) electrons. The summed E-state index contributed by atoms with van der Waals surface area (Å²) in [5.41, 5.74) is 5.14. The van der Waals surface area contributed by atoms with Crippen molar-refractivity contribution in [2.75, 3.05) is 6.54 Å². The van der Waals surface area contributed by atoms with E-state index in [1.54, 1.807) is 0 Å². The fraction of sp³-hybridized carbons (Fsp3) is 0.250. The highest BCUT2D eigenvalue weighted by Gasteiger charge is 2.18. The Kier molecular flexibility index (Phi) is 3.29. The zero-order valence-corrected chi connectivity index (χ0v) is 7.75. The van der Waals surface area contributed by atoms with E-state index in [4.69, 9.17) is 5.73 Å². The van der Waals surface area contributed by atoms with E-state index in [-0.39, 0.29) is 17.9 Å². The number of hydrogen-bond donors (Lipinski definition) is 1. The molecule has 0 spiro atoms. The fourth-order valence-electron chi connectivity index (χ4n) is 1.20. The second-order valence-electron chi connectivity index (χ2n) is 2.87. The lowest BCUT2D eigenvalue weighted by Gasteiger charge is -2.00. The molecule has 0 bridgehead atoms. The van der Waals surface area contributed by atoms with Crippen molar-refractivity contribution in [3.05, 3.63) is 44.0 Å². The van der Waals surface area contributed by atoms with Gasteiger partial charge in [-0.2, -0.15) is 0 Å². The van der Waals surface area contributed by atoms with Crippen molar-refractivity contribution in [2.45, 2.75) is 6.42 Å². The van der Waals surface area contributed by atoms with Crippen LogP contribution in [0.4, 0.5) is 11.4 Å². The van der Waals surface area contributed by atoms with Gasteiger partial charge in [0.1, 0.15) is 0 Å². The third-order valence-electron chi connectivity index (χ3n) is 1.89. The average molecular weight is 211 g/mol. The second kappa shape index (κ2) is 4.47. The van der Waals surface area contributed by atoms with Crippen LogP contribution in [0.15, 0.2) is 18.2 Å². The van der Waals surface area contributed by atoms with E-state index in [0.29, 0.717) is 12.0 Å². The first-order valence-electron chi connectivity index (χ1n) is 4.18. The minimum Gasteiger partial charge on any atom is -0.330 e. The van der Waals surface area contributed by atoms with Gasteiger partial charge in [-0.15, -0.1) is 0 Å². The molecule has 7 nitrogen and oxygen atoms in total. The minimum absolute atomic E-state index is 0.255. The molecule has 0 unspecified atom stereocenters. The fourth-order valence-corrected chi connectivity index (χ4v) is 1.20. The van der Waals surface area contributed by atoms with E-state index in [1.165, 1.54) is 12.1 Å². The van der Waals surface area contributed by atoms with Gasteiger partial charge in [0.15, 0.2) is 0 Å². The number of benzene rings is 1. The topological polar surface area (TPSA) is 112 Å². The van der Waals surface area contributed by atoms with Crippen molar-refractivity contribution in [1.82, 2.24) is 0 Å². The summed E-state index contributed by atoms with van der Waals surface area (Å²) in [5.74, 6) is 0. The maximum absolute atomic E-state index is 10.6. The molecular formula is C8H9N3O4. The summed E-state index contributed by atoms with van der Waals surface area (Å²) in [4.78, 5) is 19.7. The Morgan fingerprint density at radius 2 is 1.87 bits per heavy atom. The molecule has 2 N–H and O–H groups in total. The number of nitro groups is 2. The van der Waals surface area contributed by atoms with Crippen LogP contribution in [0.5, 0.6) is 0 Å². The molecule has 1 aromatic rings. The Balaban J connectivity index is 3.20. The van der Waals surface area contributed by atoms with E-state index in [9.17, 15) is 20.2 Å². The number of non-ortho nitro benzene ring substituents is 1. The van der Waals surface area contributed by atoms with Crippen LogP contribution in [0.3, 0.4) is 0 Å². The predicted molar refractivity (Wildman–Crippen MR) is 52.5 cm³/mol. The van der Waals surface area contributed by atoms with Crippen molar-refractivity contribution in [3.63, 3.8) is 0 Å². The Hall–Kier alpha value is -2.02. The first-order chi connectivity index (χ1) is 7.06. The number of nitro benzene ring substituents is 2. The molecular weight excluding hydrogens is 202 g/mol. The molecule has 0 saturated heterocycles. The van der Waals surface area contributed by atoms with E-state index < -0.39 is 9.85 Å². The van der Waals surface area contributed by atoms with E-state index >= 15 is 0 Å². The normalized spacial score (nSPS) is 9.93. The Labute approximate surface area is 84.8 Å². The number of nitrogens with zero attached hydrogens (tertiary/aromatic N) is 2. The van der Waals surface area contributed by atoms with Gasteiger partial charge in [0.2, 0.25) is 0 Å². The first kappa shape index (κ1) is 11.1. The van der Waals surface area contributed by atoms with Crippen LogP contribution in [-0.4, -0.2) is 16.4 Å². The third-order valence-corrected chi connectivity index (χ3v) is 1.89. The largest absolute Gasteiger partial charge is 0.330 e. The summed E-state index contributed by atoms with van der Waals surface area (Å²) < 4.78 is 0. The number of nitrogens with two attached hydrogens (primary N) is 1. The molecule has 0 aliphatic heterocycles. The highest BCUT2D eigenvalue weighted by Crippen LogP contribution is 2.24. The maximum Gasteiger partial charge on any atom is 0.279 e. The van der Waals surface area contributed by atoms with Crippen molar-refractivity contribution < 1.29 is 9.85 Å². The minimum atomic E-state index is -0.667. The van der Waals surface area contributed by atoms with Gasteiger partial charge in [0.25, 0.3) is 11.4 Å². The van der Waals surface area contributed by atoms with Gasteiger partial charge in [-0.05, 0) is 19.0 Å². The van der Waals surface area contributed by atoms with Crippen LogP contribution in [0, 0.1) is 20.2 Å². The van der Waals surface area contributed by atoms with Crippen molar-refractivity contribution in [2.24, 2.45) is 5.73 Å². The highest BCUT2D eigenvalue weighted by molar-refractivity contribution is 5.49. The van der Waals surface area contributed by atoms with Crippen molar-refractivity contribution in [3.8, 4) is 0 Å². The summed E-state index contributed by atoms with van der Waals surface area (Å²) in [7, 11) is 0. The molecule has 80 valence electrons. The molecule has 15 heavy (non-hydrogen) atoms. The molecule has 0 heterocycles. The summed E-state index contributed by atoms with van der Waals surface area (Å²) in [5, 5.41) is 21.0. The smallest absolute Gasteiger partial charge is 0.279 e. The molecule has 1 aromatic carbocycles. The summed E-state index contributed by atoms with van der Waals surface area (Å²) in [6.45, 7) is 0.263. The lowest BCUT2D eigenvalue weighted by atomic mass is 10.1. The van der Waals surface area contributed by atoms with Crippen LogP contribution >= 0.6 is 0 Å². The van der Waals surface area contributed by atoms with Crippen molar-refractivity contribution in [1.29, 1.82) is 0 Å². The molecule has 1 rings (SSSR count). The average Bonchev–Trinajstić information content (AvgIpc) is 2.18. The van der Waals surface area contributed by atoms with Crippen molar-refractivity contribution >= 4 is 11.4 Å². The van der Waals surface area contributed by atoms with Gasteiger partial charge < -0.3 is 5.73 Å². The molecule has 7 heteroatoms. The zero-order chi connectivity index (χ0) is 11.4. The Bertz CT molecular complexity index is 405. The van der Waals surface area contributed by atoms with Gasteiger partial charge in [0.05, 0.1) is 15.9 Å². The molecule has 0 saturated carbocycles. The quantitative estimate of drug-likeness (QED) is 0.589. The van der Waals surface area contributed by atoms with Crippen LogP contribution < -0.4 is 5.73 Å². The van der Waals surface area contributed by atoms with Crippen LogP contribution in [0.2, 0.25) is 0 Å². The highest BCUT2D eigenvalue weighted by atomic mass is 16.6. The summed E-state index contributed by atoms with van der Waals surface area (Å²) >= 11 is 0. The molecule has 0 fully saturated rings. The molecule has 0 aliphatic carbocycles. The van der Waals surface area contributed by atoms with Crippen LogP contribution in [0.1, 0.15) is 5.56 Å². The molecule has 0 aliphatic rings.